The predicted molar refractivity (Wildman–Crippen MR) is 120 cm³/mol. The first-order chi connectivity index (χ1) is 16.2. The number of rotatable bonds is 8. The van der Waals surface area contributed by atoms with Gasteiger partial charge in [-0.1, -0.05) is 24.3 Å². The van der Waals surface area contributed by atoms with Gasteiger partial charge in [0.2, 0.25) is 11.8 Å². The highest BCUT2D eigenvalue weighted by Crippen LogP contribution is 2.15. The second-order valence-electron chi connectivity index (χ2n) is 7.61. The largest absolute Gasteiger partial charge is 0.345 e. The second kappa shape index (κ2) is 11.1. The normalized spacial score (nSPS) is 10.5. The Morgan fingerprint density at radius 3 is 2.24 bits per heavy atom. The smallest absolute Gasteiger partial charge is 0.257 e. The topological polar surface area (TPSA) is 78.5 Å². The third-order valence-electron chi connectivity index (χ3n) is 4.82. The molecule has 0 saturated carbocycles. The van der Waals surface area contributed by atoms with E-state index in [1.54, 1.807) is 18.2 Å². The van der Waals surface area contributed by atoms with Gasteiger partial charge in [0.1, 0.15) is 24.0 Å². The quantitative estimate of drug-likeness (QED) is 0.527. The van der Waals surface area contributed by atoms with E-state index in [1.807, 2.05) is 13.0 Å². The van der Waals surface area contributed by atoms with E-state index in [-0.39, 0.29) is 13.1 Å². The first-order valence-corrected chi connectivity index (χ1v) is 10.3. The van der Waals surface area contributed by atoms with Crippen LogP contribution in [0.1, 0.15) is 21.5 Å². The number of hydrogen-bond acceptors (Lipinski definition) is 3. The highest BCUT2D eigenvalue weighted by Gasteiger charge is 2.23. The fourth-order valence-corrected chi connectivity index (χ4v) is 3.18. The molecule has 3 rings (SSSR count). The van der Waals surface area contributed by atoms with Gasteiger partial charge in [-0.2, -0.15) is 0 Å². The lowest BCUT2D eigenvalue weighted by Crippen LogP contribution is -2.42. The number of aryl methyl sites for hydroxylation is 1. The molecule has 0 atom stereocenters. The Kier molecular flexibility index (Phi) is 8.02. The number of hydrogen-bond donors (Lipinski definition) is 2. The summed E-state index contributed by atoms with van der Waals surface area (Å²) in [5.41, 5.74) is 1.58. The van der Waals surface area contributed by atoms with Gasteiger partial charge in [0.05, 0.1) is 12.1 Å². The van der Waals surface area contributed by atoms with Crippen molar-refractivity contribution in [1.82, 2.24) is 10.2 Å². The van der Waals surface area contributed by atoms with Crippen molar-refractivity contribution in [2.45, 2.75) is 13.5 Å². The first kappa shape index (κ1) is 24.5. The number of nitrogens with zero attached hydrogens (tertiary/aromatic N) is 1. The summed E-state index contributed by atoms with van der Waals surface area (Å²) >= 11 is 0. The van der Waals surface area contributed by atoms with Crippen LogP contribution in [0.15, 0.2) is 66.7 Å². The van der Waals surface area contributed by atoms with Crippen LogP contribution in [0.4, 0.5) is 18.9 Å². The Labute approximate surface area is 194 Å². The van der Waals surface area contributed by atoms with E-state index in [0.717, 1.165) is 22.6 Å². The van der Waals surface area contributed by atoms with E-state index < -0.39 is 47.3 Å². The Morgan fingerprint density at radius 2 is 1.56 bits per heavy atom. The van der Waals surface area contributed by atoms with Gasteiger partial charge in [-0.05, 0) is 54.4 Å². The number of carbonyl (C=O) groups is 3. The molecule has 0 aliphatic heterocycles. The third-order valence-corrected chi connectivity index (χ3v) is 4.82. The maximum atomic E-state index is 14.2. The molecule has 3 aromatic carbocycles. The molecule has 6 nitrogen and oxygen atoms in total. The summed E-state index contributed by atoms with van der Waals surface area (Å²) in [4.78, 5) is 38.6. The Bertz CT molecular complexity index is 1200. The van der Waals surface area contributed by atoms with Crippen molar-refractivity contribution >= 4 is 23.4 Å². The summed E-state index contributed by atoms with van der Waals surface area (Å²) in [7, 11) is 0. The standard InChI is InChI=1S/C25H22F3N3O3/c1-16-3-2-4-20(11-16)30-23(32)13-29-24(33)15-31(14-17-5-7-18(26)8-6-17)25(34)21-10-9-19(27)12-22(21)28/h2-12H,13-15H2,1H3,(H,29,33)(H,30,32). The van der Waals surface area contributed by atoms with E-state index in [9.17, 15) is 27.6 Å². The minimum atomic E-state index is -1.08. The van der Waals surface area contributed by atoms with Crippen molar-refractivity contribution < 1.29 is 27.6 Å². The number of anilines is 1. The Balaban J connectivity index is 1.68. The van der Waals surface area contributed by atoms with Crippen LogP contribution in [0.3, 0.4) is 0 Å². The molecule has 0 aromatic heterocycles. The minimum absolute atomic E-state index is 0.140. The molecule has 3 aromatic rings. The summed E-state index contributed by atoms with van der Waals surface area (Å²) in [5.74, 6) is -4.41. The summed E-state index contributed by atoms with van der Waals surface area (Å²) in [6.45, 7) is 0.869. The number of benzene rings is 3. The lowest BCUT2D eigenvalue weighted by molar-refractivity contribution is -0.124. The zero-order valence-electron chi connectivity index (χ0n) is 18.3. The number of carbonyl (C=O) groups excluding carboxylic acids is 3. The van der Waals surface area contributed by atoms with E-state index >= 15 is 0 Å². The van der Waals surface area contributed by atoms with Gasteiger partial charge in [0.25, 0.3) is 5.91 Å². The molecule has 0 unspecified atom stereocenters. The monoisotopic (exact) mass is 469 g/mol. The molecule has 9 heteroatoms. The van der Waals surface area contributed by atoms with Crippen LogP contribution in [0.5, 0.6) is 0 Å². The van der Waals surface area contributed by atoms with Crippen molar-refractivity contribution in [1.29, 1.82) is 0 Å². The zero-order valence-corrected chi connectivity index (χ0v) is 18.3. The fraction of sp³-hybridized carbons (Fsp3) is 0.160. The second-order valence-corrected chi connectivity index (χ2v) is 7.61. The number of nitrogens with one attached hydrogen (secondary N) is 2. The summed E-state index contributed by atoms with van der Waals surface area (Å²) in [5, 5.41) is 5.06. The third kappa shape index (κ3) is 6.93. The molecule has 0 heterocycles. The molecule has 0 radical (unpaired) electrons. The summed E-state index contributed by atoms with van der Waals surface area (Å²) in [6.07, 6.45) is 0. The van der Waals surface area contributed by atoms with E-state index in [2.05, 4.69) is 10.6 Å². The number of amides is 3. The van der Waals surface area contributed by atoms with Crippen LogP contribution < -0.4 is 10.6 Å². The highest BCUT2D eigenvalue weighted by molar-refractivity contribution is 5.98. The molecule has 0 saturated heterocycles. The molecule has 0 aliphatic rings. The van der Waals surface area contributed by atoms with Crippen LogP contribution in [-0.4, -0.2) is 35.7 Å². The van der Waals surface area contributed by atoms with Crippen LogP contribution in [0.25, 0.3) is 0 Å². The van der Waals surface area contributed by atoms with Crippen molar-refractivity contribution in [2.24, 2.45) is 0 Å². The highest BCUT2D eigenvalue weighted by atomic mass is 19.1. The molecule has 2 N–H and O–H groups in total. The number of halogens is 3. The Hall–Kier alpha value is -4.14. The molecule has 0 aliphatic carbocycles. The van der Waals surface area contributed by atoms with E-state index in [0.29, 0.717) is 17.3 Å². The summed E-state index contributed by atoms with van der Waals surface area (Å²) in [6, 6.07) is 14.8. The van der Waals surface area contributed by atoms with Crippen molar-refractivity contribution in [2.75, 3.05) is 18.4 Å². The predicted octanol–water partition coefficient (Wildman–Crippen LogP) is 3.81. The van der Waals surface area contributed by atoms with Crippen LogP contribution in [0.2, 0.25) is 0 Å². The average Bonchev–Trinajstić information content (AvgIpc) is 2.78. The van der Waals surface area contributed by atoms with E-state index in [1.165, 1.54) is 24.3 Å². The maximum Gasteiger partial charge on any atom is 0.257 e. The summed E-state index contributed by atoms with van der Waals surface area (Å²) < 4.78 is 40.7. The van der Waals surface area contributed by atoms with Gasteiger partial charge in [0, 0.05) is 18.3 Å². The SMILES string of the molecule is Cc1cccc(NC(=O)CNC(=O)CN(Cc2ccc(F)cc2)C(=O)c2ccc(F)cc2F)c1. The van der Waals surface area contributed by atoms with Gasteiger partial charge >= 0.3 is 0 Å². The molecule has 0 spiro atoms. The van der Waals surface area contributed by atoms with Crippen LogP contribution >= 0.6 is 0 Å². The van der Waals surface area contributed by atoms with Gasteiger partial charge in [-0.3, -0.25) is 14.4 Å². The van der Waals surface area contributed by atoms with Crippen LogP contribution in [-0.2, 0) is 16.1 Å². The molecule has 34 heavy (non-hydrogen) atoms. The van der Waals surface area contributed by atoms with Crippen molar-refractivity contribution in [3.63, 3.8) is 0 Å². The Morgan fingerprint density at radius 1 is 0.853 bits per heavy atom. The maximum absolute atomic E-state index is 14.2. The van der Waals surface area contributed by atoms with Gasteiger partial charge in [-0.15, -0.1) is 0 Å². The fourth-order valence-electron chi connectivity index (χ4n) is 3.18. The molecule has 0 fully saturated rings. The molecule has 3 amide bonds. The molecule has 176 valence electrons. The zero-order chi connectivity index (χ0) is 24.7. The van der Waals surface area contributed by atoms with Crippen molar-refractivity contribution in [3.8, 4) is 0 Å². The van der Waals surface area contributed by atoms with Crippen molar-refractivity contribution in [3.05, 3.63) is 101 Å². The van der Waals surface area contributed by atoms with Gasteiger partial charge in [-0.25, -0.2) is 13.2 Å². The average molecular weight is 469 g/mol. The minimum Gasteiger partial charge on any atom is -0.345 e. The van der Waals surface area contributed by atoms with Crippen LogP contribution in [0, 0.1) is 24.4 Å². The lowest BCUT2D eigenvalue weighted by Gasteiger charge is -2.23. The lowest BCUT2D eigenvalue weighted by atomic mass is 10.1. The van der Waals surface area contributed by atoms with Gasteiger partial charge in [0.15, 0.2) is 0 Å². The molecular formula is C25H22F3N3O3. The first-order valence-electron chi connectivity index (χ1n) is 10.3. The van der Waals surface area contributed by atoms with Gasteiger partial charge < -0.3 is 15.5 Å². The van der Waals surface area contributed by atoms with E-state index in [4.69, 9.17) is 0 Å². The molecule has 0 bridgehead atoms. The molecular weight excluding hydrogens is 447 g/mol.